The molecule has 0 fully saturated rings. The maximum Gasteiger partial charge on any atom is 0.143 e. The Bertz CT molecular complexity index is 3200. The lowest BCUT2D eigenvalue weighted by Gasteiger charge is -2.26. The molecule has 9 aromatic carbocycles. The summed E-state index contributed by atoms with van der Waals surface area (Å²) < 4.78 is 9.12. The Kier molecular flexibility index (Phi) is 8.04. The van der Waals surface area contributed by atoms with Crippen molar-refractivity contribution < 1.29 is 4.42 Å². The molecular formula is C54H35NOS. The van der Waals surface area contributed by atoms with Crippen LogP contribution in [0.1, 0.15) is 0 Å². The second-order valence-corrected chi connectivity index (χ2v) is 15.6. The molecular weight excluding hydrogens is 711 g/mol. The molecule has 3 heteroatoms. The summed E-state index contributed by atoms with van der Waals surface area (Å²) in [4.78, 5) is 2.34. The summed E-state index contributed by atoms with van der Waals surface area (Å²) in [6.45, 7) is 0. The lowest BCUT2D eigenvalue weighted by Crippen LogP contribution is -2.09. The summed E-state index contributed by atoms with van der Waals surface area (Å²) >= 11 is 1.86. The van der Waals surface area contributed by atoms with Gasteiger partial charge in [-0.2, -0.15) is 0 Å². The summed E-state index contributed by atoms with van der Waals surface area (Å²) in [7, 11) is 0. The Hall–Kier alpha value is -7.20. The number of nitrogens with zero attached hydrogens (tertiary/aromatic N) is 1. The van der Waals surface area contributed by atoms with Gasteiger partial charge in [0.2, 0.25) is 0 Å². The minimum atomic E-state index is 0.895. The second kappa shape index (κ2) is 13.8. The molecule has 0 saturated carbocycles. The van der Waals surface area contributed by atoms with Gasteiger partial charge in [0, 0.05) is 53.6 Å². The van der Waals surface area contributed by atoms with Gasteiger partial charge in [-0.15, -0.1) is 11.3 Å². The molecule has 0 aliphatic carbocycles. The van der Waals surface area contributed by atoms with Gasteiger partial charge in [-0.05, 0) is 99.6 Å². The quantitative estimate of drug-likeness (QED) is 0.162. The van der Waals surface area contributed by atoms with Crippen LogP contribution in [0.25, 0.3) is 86.6 Å². The molecule has 0 aliphatic heterocycles. The fourth-order valence-corrected chi connectivity index (χ4v) is 9.36. The van der Waals surface area contributed by atoms with E-state index in [1.54, 1.807) is 0 Å². The number of hydrogen-bond acceptors (Lipinski definition) is 3. The van der Waals surface area contributed by atoms with Crippen molar-refractivity contribution in [1.82, 2.24) is 0 Å². The van der Waals surface area contributed by atoms with Crippen molar-refractivity contribution >= 4 is 70.5 Å². The van der Waals surface area contributed by atoms with Gasteiger partial charge < -0.3 is 9.32 Å². The molecule has 2 heterocycles. The minimum Gasteiger partial charge on any atom is -0.455 e. The van der Waals surface area contributed by atoms with E-state index in [1.807, 2.05) is 17.4 Å². The van der Waals surface area contributed by atoms with Crippen molar-refractivity contribution in [3.63, 3.8) is 0 Å². The fraction of sp³-hybridized carbons (Fsp3) is 0. The first-order valence-electron chi connectivity index (χ1n) is 19.3. The molecule has 2 nitrogen and oxygen atoms in total. The molecule has 0 amide bonds. The molecule has 11 aromatic rings. The fourth-order valence-electron chi connectivity index (χ4n) is 8.22. The zero-order valence-electron chi connectivity index (χ0n) is 31.0. The number of rotatable bonds is 7. The van der Waals surface area contributed by atoms with Gasteiger partial charge in [-0.1, -0.05) is 152 Å². The van der Waals surface area contributed by atoms with E-state index in [0.717, 1.165) is 61.3 Å². The highest BCUT2D eigenvalue weighted by Crippen LogP contribution is 2.41. The lowest BCUT2D eigenvalue weighted by atomic mass is 10.00. The van der Waals surface area contributed by atoms with E-state index in [2.05, 4.69) is 211 Å². The number of furan rings is 1. The van der Waals surface area contributed by atoms with Crippen molar-refractivity contribution in [2.45, 2.75) is 0 Å². The molecule has 0 spiro atoms. The molecule has 0 aliphatic rings. The smallest absolute Gasteiger partial charge is 0.143 e. The van der Waals surface area contributed by atoms with Crippen molar-refractivity contribution in [1.29, 1.82) is 0 Å². The van der Waals surface area contributed by atoms with Crippen LogP contribution in [-0.2, 0) is 0 Å². The van der Waals surface area contributed by atoms with Crippen LogP contribution >= 0.6 is 11.3 Å². The van der Waals surface area contributed by atoms with E-state index < -0.39 is 0 Å². The van der Waals surface area contributed by atoms with E-state index in [-0.39, 0.29) is 0 Å². The third-order valence-electron chi connectivity index (χ3n) is 11.1. The first kappa shape index (κ1) is 33.2. The first-order chi connectivity index (χ1) is 28.2. The summed E-state index contributed by atoms with van der Waals surface area (Å²) in [6, 6.07) is 76.3. The van der Waals surface area contributed by atoms with Crippen molar-refractivity contribution in [2.75, 3.05) is 4.90 Å². The van der Waals surface area contributed by atoms with Gasteiger partial charge >= 0.3 is 0 Å². The van der Waals surface area contributed by atoms with Crippen LogP contribution in [0.3, 0.4) is 0 Å². The average Bonchev–Trinajstić information content (AvgIpc) is 3.86. The maximum absolute atomic E-state index is 6.48. The van der Waals surface area contributed by atoms with E-state index >= 15 is 0 Å². The predicted octanol–water partition coefficient (Wildman–Crippen LogP) is 16.1. The Morgan fingerprint density at radius 1 is 0.316 bits per heavy atom. The van der Waals surface area contributed by atoms with E-state index in [4.69, 9.17) is 4.42 Å². The summed E-state index contributed by atoms with van der Waals surface area (Å²) in [5.74, 6) is 0. The number of anilines is 3. The standard InChI is InChI=1S/C54H35NOS/c1-3-10-36(11-4-1)37-18-26-43(27-19-37)55(45-30-22-39(23-31-45)42-24-32-48-47-14-7-8-17-52(47)57-53(48)35-42)44-28-20-38(21-29-44)41-25-33-51-50(34-41)49-16-9-15-46(54(49)56-51)40-12-5-2-6-13-40/h1-35H. The molecule has 0 saturated heterocycles. The lowest BCUT2D eigenvalue weighted by molar-refractivity contribution is 0.670. The first-order valence-corrected chi connectivity index (χ1v) is 20.1. The van der Waals surface area contributed by atoms with Gasteiger partial charge in [0.05, 0.1) is 0 Å². The summed E-state index contributed by atoms with van der Waals surface area (Å²) in [5.41, 5.74) is 14.5. The zero-order valence-corrected chi connectivity index (χ0v) is 31.8. The third-order valence-corrected chi connectivity index (χ3v) is 12.2. The monoisotopic (exact) mass is 745 g/mol. The van der Waals surface area contributed by atoms with Crippen LogP contribution in [0.5, 0.6) is 0 Å². The van der Waals surface area contributed by atoms with Gasteiger partial charge in [0.15, 0.2) is 0 Å². The molecule has 57 heavy (non-hydrogen) atoms. The summed E-state index contributed by atoms with van der Waals surface area (Å²) in [6.07, 6.45) is 0. The van der Waals surface area contributed by atoms with Gasteiger partial charge in [-0.3, -0.25) is 0 Å². The van der Waals surface area contributed by atoms with Gasteiger partial charge in [0.1, 0.15) is 11.2 Å². The number of thiophene rings is 1. The molecule has 0 bridgehead atoms. The Balaban J connectivity index is 0.952. The van der Waals surface area contributed by atoms with Gasteiger partial charge in [-0.25, -0.2) is 0 Å². The number of para-hydroxylation sites is 1. The van der Waals surface area contributed by atoms with E-state index in [9.17, 15) is 0 Å². The molecule has 0 radical (unpaired) electrons. The average molecular weight is 746 g/mol. The molecule has 0 atom stereocenters. The van der Waals surface area contributed by atoms with Crippen LogP contribution < -0.4 is 4.90 Å². The van der Waals surface area contributed by atoms with Crippen molar-refractivity contribution in [3.05, 3.63) is 212 Å². The highest BCUT2D eigenvalue weighted by Gasteiger charge is 2.16. The van der Waals surface area contributed by atoms with Crippen LogP contribution in [0.4, 0.5) is 17.1 Å². The van der Waals surface area contributed by atoms with Gasteiger partial charge in [0.25, 0.3) is 0 Å². The molecule has 2 aromatic heterocycles. The molecule has 268 valence electrons. The number of fused-ring (bicyclic) bond motifs is 6. The SMILES string of the molecule is c1ccc(-c2ccc(N(c3ccc(-c4ccc5c(c4)sc4ccccc45)cc3)c3ccc(-c4ccc5oc6c(-c7ccccc7)cccc6c5c4)cc3)cc2)cc1. The summed E-state index contributed by atoms with van der Waals surface area (Å²) in [5, 5.41) is 4.89. The van der Waals surface area contributed by atoms with Crippen molar-refractivity contribution in [2.24, 2.45) is 0 Å². The highest BCUT2D eigenvalue weighted by molar-refractivity contribution is 7.25. The Labute approximate surface area is 335 Å². The minimum absolute atomic E-state index is 0.895. The third kappa shape index (κ3) is 5.97. The Morgan fingerprint density at radius 3 is 1.47 bits per heavy atom. The Morgan fingerprint density at radius 2 is 0.807 bits per heavy atom. The van der Waals surface area contributed by atoms with Crippen LogP contribution in [-0.4, -0.2) is 0 Å². The maximum atomic E-state index is 6.48. The predicted molar refractivity (Wildman–Crippen MR) is 243 cm³/mol. The largest absolute Gasteiger partial charge is 0.455 e. The molecule has 11 rings (SSSR count). The topological polar surface area (TPSA) is 16.4 Å². The second-order valence-electron chi connectivity index (χ2n) is 14.5. The van der Waals surface area contributed by atoms with E-state index in [0.29, 0.717) is 0 Å². The van der Waals surface area contributed by atoms with E-state index in [1.165, 1.54) is 42.4 Å². The number of hydrogen-bond donors (Lipinski definition) is 0. The zero-order chi connectivity index (χ0) is 37.7. The van der Waals surface area contributed by atoms with Crippen molar-refractivity contribution in [3.8, 4) is 44.5 Å². The highest BCUT2D eigenvalue weighted by atomic mass is 32.1. The van der Waals surface area contributed by atoms with Crippen LogP contribution in [0, 0.1) is 0 Å². The molecule has 0 unspecified atom stereocenters. The van der Waals surface area contributed by atoms with Crippen LogP contribution in [0.2, 0.25) is 0 Å². The number of benzene rings is 9. The normalized spacial score (nSPS) is 11.5. The molecule has 0 N–H and O–H groups in total. The van der Waals surface area contributed by atoms with Crippen LogP contribution in [0.15, 0.2) is 217 Å².